The Morgan fingerprint density at radius 2 is 2.12 bits per heavy atom. The molecule has 90 valence electrons. The van der Waals surface area contributed by atoms with E-state index in [0.717, 1.165) is 28.8 Å². The molecule has 0 aliphatic carbocycles. The first kappa shape index (κ1) is 14.0. The topological polar surface area (TPSA) is 37.8 Å². The summed E-state index contributed by atoms with van der Waals surface area (Å²) in [6, 6.07) is 0. The Kier molecular flexibility index (Phi) is 5.75. The summed E-state index contributed by atoms with van der Waals surface area (Å²) in [5, 5.41) is 3.36. The molecule has 0 aliphatic rings. The van der Waals surface area contributed by atoms with E-state index in [2.05, 4.69) is 51.7 Å². The lowest BCUT2D eigenvalue weighted by atomic mass is 9.84. The zero-order chi connectivity index (χ0) is 12.0. The lowest BCUT2D eigenvalue weighted by molar-refractivity contribution is 0.326. The van der Waals surface area contributed by atoms with Crippen LogP contribution in [0.2, 0.25) is 0 Å². The van der Waals surface area contributed by atoms with Crippen LogP contribution in [0.4, 0.5) is 5.82 Å². The first-order valence-corrected chi connectivity index (χ1v) is 7.04. The van der Waals surface area contributed by atoms with Gasteiger partial charge in [0.05, 0.1) is 3.57 Å². The maximum Gasteiger partial charge on any atom is 0.142 e. The Hall–Kier alpha value is -0.100. The molecule has 0 aliphatic heterocycles. The fraction of sp³-hybridized carbons (Fsp3) is 0.636. The van der Waals surface area contributed by atoms with Gasteiger partial charge in [0.2, 0.25) is 0 Å². The highest BCUT2D eigenvalue weighted by Crippen LogP contribution is 2.28. The molecule has 0 fully saturated rings. The minimum atomic E-state index is 0.162. The molecule has 0 unspecified atom stereocenters. The molecule has 0 bridgehead atoms. The van der Waals surface area contributed by atoms with Crippen molar-refractivity contribution < 1.29 is 0 Å². The highest BCUT2D eigenvalue weighted by atomic mass is 127. The van der Waals surface area contributed by atoms with E-state index in [9.17, 15) is 0 Å². The SMILES string of the molecule is CCC(CC)(CCl)CNc1ncncc1I. The zero-order valence-corrected chi connectivity index (χ0v) is 12.5. The van der Waals surface area contributed by atoms with Crippen LogP contribution in [0.5, 0.6) is 0 Å². The average molecular weight is 354 g/mol. The molecule has 1 heterocycles. The second kappa shape index (κ2) is 6.59. The number of nitrogens with one attached hydrogen (secondary N) is 1. The largest absolute Gasteiger partial charge is 0.368 e. The van der Waals surface area contributed by atoms with Gasteiger partial charge in [-0.25, -0.2) is 9.97 Å². The first-order valence-electron chi connectivity index (χ1n) is 5.43. The molecular formula is C11H17ClIN3. The highest BCUT2D eigenvalue weighted by Gasteiger charge is 2.25. The zero-order valence-electron chi connectivity index (χ0n) is 9.63. The number of aromatic nitrogens is 2. The fourth-order valence-electron chi connectivity index (χ4n) is 1.45. The number of alkyl halides is 1. The minimum absolute atomic E-state index is 0.162. The van der Waals surface area contributed by atoms with Crippen LogP contribution < -0.4 is 5.32 Å². The number of hydrogen-bond donors (Lipinski definition) is 1. The van der Waals surface area contributed by atoms with Gasteiger partial charge in [-0.05, 0) is 35.4 Å². The molecule has 1 aromatic heterocycles. The van der Waals surface area contributed by atoms with Crippen LogP contribution in [-0.4, -0.2) is 22.4 Å². The van der Waals surface area contributed by atoms with Crippen LogP contribution in [-0.2, 0) is 0 Å². The maximum absolute atomic E-state index is 6.06. The molecule has 1 aromatic rings. The Morgan fingerprint density at radius 3 is 2.62 bits per heavy atom. The third-order valence-electron chi connectivity index (χ3n) is 3.08. The van der Waals surface area contributed by atoms with Gasteiger partial charge < -0.3 is 5.32 Å². The molecule has 0 saturated carbocycles. The second-order valence-electron chi connectivity index (χ2n) is 3.91. The smallest absolute Gasteiger partial charge is 0.142 e. The third kappa shape index (κ3) is 3.45. The number of halogens is 2. The third-order valence-corrected chi connectivity index (χ3v) is 4.44. The van der Waals surface area contributed by atoms with Crippen molar-refractivity contribution in [2.24, 2.45) is 5.41 Å². The summed E-state index contributed by atoms with van der Waals surface area (Å²) >= 11 is 8.28. The van der Waals surface area contributed by atoms with E-state index >= 15 is 0 Å². The summed E-state index contributed by atoms with van der Waals surface area (Å²) in [7, 11) is 0. The van der Waals surface area contributed by atoms with Crippen molar-refractivity contribution in [1.82, 2.24) is 9.97 Å². The minimum Gasteiger partial charge on any atom is -0.368 e. The Labute approximate surface area is 116 Å². The van der Waals surface area contributed by atoms with Crippen LogP contribution in [0.1, 0.15) is 26.7 Å². The highest BCUT2D eigenvalue weighted by molar-refractivity contribution is 14.1. The number of rotatable bonds is 6. The molecular weight excluding hydrogens is 336 g/mol. The molecule has 0 radical (unpaired) electrons. The van der Waals surface area contributed by atoms with Crippen molar-refractivity contribution in [2.45, 2.75) is 26.7 Å². The molecule has 1 rings (SSSR count). The predicted molar refractivity (Wildman–Crippen MR) is 77.0 cm³/mol. The van der Waals surface area contributed by atoms with Gasteiger partial charge in [0, 0.05) is 24.0 Å². The van der Waals surface area contributed by atoms with Gasteiger partial charge in [-0.1, -0.05) is 13.8 Å². The maximum atomic E-state index is 6.06. The summed E-state index contributed by atoms with van der Waals surface area (Å²) in [4.78, 5) is 8.18. The van der Waals surface area contributed by atoms with Gasteiger partial charge in [-0.2, -0.15) is 0 Å². The molecule has 0 aromatic carbocycles. The molecule has 0 saturated heterocycles. The summed E-state index contributed by atoms with van der Waals surface area (Å²) in [6.45, 7) is 5.22. The van der Waals surface area contributed by atoms with Crippen LogP contribution >= 0.6 is 34.2 Å². The summed E-state index contributed by atoms with van der Waals surface area (Å²) < 4.78 is 1.04. The van der Waals surface area contributed by atoms with E-state index in [1.54, 1.807) is 12.5 Å². The summed E-state index contributed by atoms with van der Waals surface area (Å²) in [6.07, 6.45) is 5.50. The van der Waals surface area contributed by atoms with Crippen molar-refractivity contribution in [1.29, 1.82) is 0 Å². The summed E-state index contributed by atoms with van der Waals surface area (Å²) in [5.41, 5.74) is 0.162. The van der Waals surface area contributed by atoms with Gasteiger partial charge in [0.1, 0.15) is 12.1 Å². The number of hydrogen-bond acceptors (Lipinski definition) is 3. The van der Waals surface area contributed by atoms with E-state index in [1.165, 1.54) is 0 Å². The number of anilines is 1. The van der Waals surface area contributed by atoms with Crippen LogP contribution in [0.3, 0.4) is 0 Å². The van der Waals surface area contributed by atoms with E-state index in [-0.39, 0.29) is 5.41 Å². The molecule has 0 spiro atoms. The fourth-order valence-corrected chi connectivity index (χ4v) is 2.41. The number of nitrogens with zero attached hydrogens (tertiary/aromatic N) is 2. The molecule has 5 heteroatoms. The monoisotopic (exact) mass is 353 g/mol. The molecule has 0 amide bonds. The van der Waals surface area contributed by atoms with Crippen LogP contribution in [0.15, 0.2) is 12.5 Å². The van der Waals surface area contributed by atoms with E-state index in [0.29, 0.717) is 5.88 Å². The molecule has 0 atom stereocenters. The summed E-state index contributed by atoms with van der Waals surface area (Å²) in [5.74, 6) is 1.57. The molecule has 16 heavy (non-hydrogen) atoms. The average Bonchev–Trinajstić information content (AvgIpc) is 2.34. The van der Waals surface area contributed by atoms with Crippen molar-refractivity contribution in [3.63, 3.8) is 0 Å². The lowest BCUT2D eigenvalue weighted by Crippen LogP contribution is -2.30. The normalized spacial score (nSPS) is 11.5. The van der Waals surface area contributed by atoms with Crippen molar-refractivity contribution in [2.75, 3.05) is 17.7 Å². The standard InChI is InChI=1S/C11H17ClIN3/c1-3-11(4-2,6-12)7-15-10-9(13)5-14-8-16-10/h5,8H,3-4,6-7H2,1-2H3,(H,14,15,16). The van der Waals surface area contributed by atoms with E-state index in [4.69, 9.17) is 11.6 Å². The van der Waals surface area contributed by atoms with Gasteiger partial charge in [0.15, 0.2) is 0 Å². The van der Waals surface area contributed by atoms with Gasteiger partial charge in [-0.3, -0.25) is 0 Å². The Bertz CT molecular complexity index is 320. The second-order valence-corrected chi connectivity index (χ2v) is 5.34. The van der Waals surface area contributed by atoms with Gasteiger partial charge >= 0.3 is 0 Å². The quantitative estimate of drug-likeness (QED) is 0.628. The lowest BCUT2D eigenvalue weighted by Gasteiger charge is -2.29. The van der Waals surface area contributed by atoms with Crippen molar-refractivity contribution in [3.8, 4) is 0 Å². The van der Waals surface area contributed by atoms with Crippen molar-refractivity contribution >= 4 is 40.0 Å². The van der Waals surface area contributed by atoms with E-state index < -0.39 is 0 Å². The first-order chi connectivity index (χ1) is 7.67. The Balaban J connectivity index is 2.66. The predicted octanol–water partition coefficient (Wildman–Crippen LogP) is 3.54. The van der Waals surface area contributed by atoms with Crippen LogP contribution in [0.25, 0.3) is 0 Å². The van der Waals surface area contributed by atoms with Crippen LogP contribution in [0, 0.1) is 8.99 Å². The van der Waals surface area contributed by atoms with Crippen molar-refractivity contribution in [3.05, 3.63) is 16.1 Å². The molecule has 3 nitrogen and oxygen atoms in total. The van der Waals surface area contributed by atoms with Gasteiger partial charge in [-0.15, -0.1) is 11.6 Å². The Morgan fingerprint density at radius 1 is 1.44 bits per heavy atom. The van der Waals surface area contributed by atoms with Gasteiger partial charge in [0.25, 0.3) is 0 Å². The van der Waals surface area contributed by atoms with E-state index in [1.807, 2.05) is 0 Å². The molecule has 1 N–H and O–H groups in total.